The number of amides is 1. The SMILES string of the molecule is CNC(=O)c1cnc(Nc2ccc(F)cc2F)nc1Nc1cccc(-c2ncn(C)n2)c1OC. The maximum absolute atomic E-state index is 14.1. The lowest BCUT2D eigenvalue weighted by Gasteiger charge is -2.16. The Bertz CT molecular complexity index is 1360. The van der Waals surface area contributed by atoms with Crippen LogP contribution in [0.2, 0.25) is 0 Å². The highest BCUT2D eigenvalue weighted by Gasteiger charge is 2.19. The zero-order chi connectivity index (χ0) is 24.2. The number of benzene rings is 2. The van der Waals surface area contributed by atoms with Crippen LogP contribution in [0.25, 0.3) is 11.4 Å². The van der Waals surface area contributed by atoms with Crippen molar-refractivity contribution >= 4 is 29.0 Å². The second-order valence-electron chi connectivity index (χ2n) is 7.04. The summed E-state index contributed by atoms with van der Waals surface area (Å²) in [6, 6.07) is 8.36. The first kappa shape index (κ1) is 22.6. The molecule has 0 saturated carbocycles. The summed E-state index contributed by atoms with van der Waals surface area (Å²) in [6.45, 7) is 0. The molecule has 0 spiro atoms. The molecule has 174 valence electrons. The highest BCUT2D eigenvalue weighted by Crippen LogP contribution is 2.36. The molecule has 0 fully saturated rings. The van der Waals surface area contributed by atoms with Gasteiger partial charge in [-0.3, -0.25) is 9.48 Å². The number of nitrogens with zero attached hydrogens (tertiary/aromatic N) is 5. The number of carbonyl (C=O) groups excluding carboxylic acids is 1. The van der Waals surface area contributed by atoms with Gasteiger partial charge in [-0.05, 0) is 24.3 Å². The Hall–Kier alpha value is -4.61. The minimum Gasteiger partial charge on any atom is -0.494 e. The first-order valence-corrected chi connectivity index (χ1v) is 10.0. The van der Waals surface area contributed by atoms with E-state index in [0.717, 1.165) is 12.1 Å². The summed E-state index contributed by atoms with van der Waals surface area (Å²) in [4.78, 5) is 25.1. The fourth-order valence-electron chi connectivity index (χ4n) is 3.17. The number of hydrogen-bond acceptors (Lipinski definition) is 8. The van der Waals surface area contributed by atoms with Gasteiger partial charge in [0.05, 0.1) is 24.0 Å². The lowest BCUT2D eigenvalue weighted by atomic mass is 10.1. The van der Waals surface area contributed by atoms with Crippen LogP contribution in [-0.2, 0) is 7.05 Å². The Morgan fingerprint density at radius 1 is 1.09 bits per heavy atom. The van der Waals surface area contributed by atoms with Crippen molar-refractivity contribution in [3.05, 3.63) is 66.1 Å². The minimum atomic E-state index is -0.814. The predicted octanol–water partition coefficient (Wildman–Crippen LogP) is 3.41. The lowest BCUT2D eigenvalue weighted by molar-refractivity contribution is 0.0963. The van der Waals surface area contributed by atoms with E-state index in [-0.39, 0.29) is 23.0 Å². The van der Waals surface area contributed by atoms with Crippen LogP contribution in [0, 0.1) is 11.6 Å². The number of methoxy groups -OCH3 is 1. The molecule has 0 saturated heterocycles. The molecule has 10 nitrogen and oxygen atoms in total. The maximum Gasteiger partial charge on any atom is 0.256 e. The fourth-order valence-corrected chi connectivity index (χ4v) is 3.17. The van der Waals surface area contributed by atoms with Crippen molar-refractivity contribution in [1.82, 2.24) is 30.0 Å². The molecule has 2 aromatic heterocycles. The molecule has 34 heavy (non-hydrogen) atoms. The third-order valence-corrected chi connectivity index (χ3v) is 4.75. The summed E-state index contributed by atoms with van der Waals surface area (Å²) in [6.07, 6.45) is 2.85. The van der Waals surface area contributed by atoms with Crippen molar-refractivity contribution in [2.24, 2.45) is 7.05 Å². The van der Waals surface area contributed by atoms with E-state index in [1.54, 1.807) is 36.3 Å². The highest BCUT2D eigenvalue weighted by atomic mass is 19.1. The predicted molar refractivity (Wildman–Crippen MR) is 121 cm³/mol. The zero-order valence-corrected chi connectivity index (χ0v) is 18.4. The first-order valence-electron chi connectivity index (χ1n) is 10.0. The second-order valence-corrected chi connectivity index (χ2v) is 7.04. The number of nitrogens with one attached hydrogen (secondary N) is 3. The summed E-state index contributed by atoms with van der Waals surface area (Å²) in [7, 11) is 4.72. The third-order valence-electron chi connectivity index (χ3n) is 4.75. The van der Waals surface area contributed by atoms with E-state index < -0.39 is 17.5 Å². The number of ether oxygens (including phenoxy) is 1. The Balaban J connectivity index is 1.74. The van der Waals surface area contributed by atoms with Crippen molar-refractivity contribution < 1.29 is 18.3 Å². The number of aryl methyl sites for hydroxylation is 1. The summed E-state index contributed by atoms with van der Waals surface area (Å²) < 4.78 is 34.5. The zero-order valence-electron chi connectivity index (χ0n) is 18.4. The van der Waals surface area contributed by atoms with Crippen LogP contribution in [0.5, 0.6) is 5.75 Å². The van der Waals surface area contributed by atoms with Crippen LogP contribution >= 0.6 is 0 Å². The van der Waals surface area contributed by atoms with Gasteiger partial charge < -0.3 is 20.7 Å². The fraction of sp³-hybridized carbons (Fsp3) is 0.136. The molecule has 4 rings (SSSR count). The van der Waals surface area contributed by atoms with Gasteiger partial charge in [-0.25, -0.2) is 18.7 Å². The van der Waals surface area contributed by atoms with E-state index in [0.29, 0.717) is 22.8 Å². The van der Waals surface area contributed by atoms with Gasteiger partial charge in [0.15, 0.2) is 11.6 Å². The quantitative estimate of drug-likeness (QED) is 0.379. The monoisotopic (exact) mass is 466 g/mol. The molecule has 0 aliphatic carbocycles. The topological polar surface area (TPSA) is 119 Å². The van der Waals surface area contributed by atoms with Gasteiger partial charge in [-0.2, -0.15) is 10.1 Å². The number of halogens is 2. The Morgan fingerprint density at radius 2 is 1.91 bits per heavy atom. The van der Waals surface area contributed by atoms with Gasteiger partial charge in [0.25, 0.3) is 5.91 Å². The smallest absolute Gasteiger partial charge is 0.256 e. The Labute approximate surface area is 193 Å². The molecular formula is C22H20F2N8O2. The van der Waals surface area contributed by atoms with Crippen LogP contribution in [0.1, 0.15) is 10.4 Å². The van der Waals surface area contributed by atoms with Gasteiger partial charge in [-0.1, -0.05) is 6.07 Å². The lowest BCUT2D eigenvalue weighted by Crippen LogP contribution is -2.20. The van der Waals surface area contributed by atoms with E-state index >= 15 is 0 Å². The highest BCUT2D eigenvalue weighted by molar-refractivity contribution is 5.99. The number of anilines is 4. The molecule has 0 aliphatic heterocycles. The van der Waals surface area contributed by atoms with E-state index in [4.69, 9.17) is 4.74 Å². The van der Waals surface area contributed by atoms with Crippen LogP contribution < -0.4 is 20.7 Å². The average Bonchev–Trinajstić information content (AvgIpc) is 3.26. The van der Waals surface area contributed by atoms with Crippen LogP contribution in [0.4, 0.5) is 31.9 Å². The number of para-hydroxylation sites is 1. The maximum atomic E-state index is 14.1. The summed E-state index contributed by atoms with van der Waals surface area (Å²) in [5.41, 5.74) is 1.21. The molecule has 0 unspecified atom stereocenters. The summed E-state index contributed by atoms with van der Waals surface area (Å²) in [5.74, 6) is -0.975. The largest absolute Gasteiger partial charge is 0.494 e. The molecule has 0 atom stereocenters. The van der Waals surface area contributed by atoms with Crippen LogP contribution in [0.3, 0.4) is 0 Å². The van der Waals surface area contributed by atoms with Crippen molar-refractivity contribution in [3.8, 4) is 17.1 Å². The van der Waals surface area contributed by atoms with E-state index in [1.165, 1.54) is 26.4 Å². The molecule has 1 amide bonds. The summed E-state index contributed by atoms with van der Waals surface area (Å²) >= 11 is 0. The van der Waals surface area contributed by atoms with Crippen LogP contribution in [0.15, 0.2) is 48.9 Å². The molecule has 3 N–H and O–H groups in total. The molecule has 4 aromatic rings. The molecule has 2 heterocycles. The molecule has 12 heteroatoms. The molecular weight excluding hydrogens is 446 g/mol. The number of hydrogen-bond donors (Lipinski definition) is 3. The first-order chi connectivity index (χ1) is 16.4. The number of aromatic nitrogens is 5. The molecule has 0 radical (unpaired) electrons. The van der Waals surface area contributed by atoms with Gasteiger partial charge in [-0.15, -0.1) is 0 Å². The van der Waals surface area contributed by atoms with E-state index in [9.17, 15) is 13.6 Å². The van der Waals surface area contributed by atoms with Crippen molar-refractivity contribution in [2.45, 2.75) is 0 Å². The summed E-state index contributed by atoms with van der Waals surface area (Å²) in [5, 5.41) is 12.6. The third kappa shape index (κ3) is 4.60. The van der Waals surface area contributed by atoms with E-state index in [2.05, 4.69) is 36.0 Å². The number of rotatable bonds is 7. The second kappa shape index (κ2) is 9.48. The van der Waals surface area contributed by atoms with Gasteiger partial charge in [0.1, 0.15) is 29.3 Å². The Kier molecular flexibility index (Phi) is 6.30. The molecule has 2 aromatic carbocycles. The average molecular weight is 466 g/mol. The molecule has 0 aliphatic rings. The van der Waals surface area contributed by atoms with Gasteiger partial charge >= 0.3 is 0 Å². The standard InChI is InChI=1S/C22H20F2N8O2/c1-25-21(33)14-10-26-22(29-16-8-7-12(23)9-15(16)24)30-20(14)28-17-6-4-5-13(18(17)34-3)19-27-11-32(2)31-19/h4-11H,1-3H3,(H,25,33)(H2,26,28,29,30). The van der Waals surface area contributed by atoms with E-state index in [1.807, 2.05) is 0 Å². The van der Waals surface area contributed by atoms with Crippen molar-refractivity contribution in [2.75, 3.05) is 24.8 Å². The minimum absolute atomic E-state index is 0.0119. The number of carbonyl (C=O) groups is 1. The van der Waals surface area contributed by atoms with Crippen molar-refractivity contribution in [1.29, 1.82) is 0 Å². The van der Waals surface area contributed by atoms with Crippen LogP contribution in [-0.4, -0.2) is 44.8 Å². The van der Waals surface area contributed by atoms with Gasteiger partial charge in [0.2, 0.25) is 5.95 Å². The van der Waals surface area contributed by atoms with Crippen molar-refractivity contribution in [3.63, 3.8) is 0 Å². The molecule has 0 bridgehead atoms. The normalized spacial score (nSPS) is 10.6. The Morgan fingerprint density at radius 3 is 2.59 bits per heavy atom. The van der Waals surface area contributed by atoms with Gasteiger partial charge in [0, 0.05) is 26.4 Å².